The zero-order chi connectivity index (χ0) is 15.0. The first-order valence-electron chi connectivity index (χ1n) is 6.15. The number of Topliss-reactive ketones (excluding diaryl/α,β-unsaturated/α-hetero) is 1. The lowest BCUT2D eigenvalue weighted by Crippen LogP contribution is -2.11. The Labute approximate surface area is 128 Å². The fourth-order valence-electron chi connectivity index (χ4n) is 2.06. The number of rotatable bonds is 3. The predicted molar refractivity (Wildman–Crippen MR) is 77.8 cm³/mol. The van der Waals surface area contributed by atoms with Gasteiger partial charge in [-0.05, 0) is 46.6 Å². The first kappa shape index (κ1) is 13.6. The average molecular weight is 345 g/mol. The van der Waals surface area contributed by atoms with Gasteiger partial charge in [0.2, 0.25) is 11.7 Å². The molecule has 0 saturated carbocycles. The van der Waals surface area contributed by atoms with Crippen molar-refractivity contribution in [3.05, 3.63) is 52.2 Å². The highest BCUT2D eigenvalue weighted by molar-refractivity contribution is 9.10. The number of nitriles is 1. The summed E-state index contributed by atoms with van der Waals surface area (Å²) in [5.74, 6) is -1.38. The smallest absolute Gasteiger partial charge is 0.224 e. The summed E-state index contributed by atoms with van der Waals surface area (Å²) in [7, 11) is 0. The Bertz CT molecular complexity index is 840. The largest absolute Gasteiger partial charge is 0.446 e. The number of oxazole rings is 1. The van der Waals surface area contributed by atoms with Crippen molar-refractivity contribution < 1.29 is 13.6 Å². The molecule has 104 valence electrons. The van der Waals surface area contributed by atoms with Crippen LogP contribution in [0.4, 0.5) is 0 Å². The maximum Gasteiger partial charge on any atom is 0.224 e. The molecule has 0 radical (unpaired) electrons. The van der Waals surface area contributed by atoms with E-state index in [1.807, 2.05) is 12.1 Å². The van der Waals surface area contributed by atoms with Crippen molar-refractivity contribution in [2.45, 2.75) is 12.8 Å². The van der Waals surface area contributed by atoms with E-state index in [2.05, 4.69) is 20.9 Å². The van der Waals surface area contributed by atoms with Crippen molar-refractivity contribution in [1.82, 2.24) is 4.98 Å². The number of para-hydroxylation sites is 2. The monoisotopic (exact) mass is 344 g/mol. The molecule has 0 bridgehead atoms. The fraction of sp³-hybridized carbons (Fsp3) is 0.133. The molecule has 5 nitrogen and oxygen atoms in total. The molecule has 2 heterocycles. The Balaban J connectivity index is 2.04. The highest BCUT2D eigenvalue weighted by atomic mass is 79.9. The molecule has 0 aliphatic heterocycles. The Hall–Kier alpha value is -2.39. The van der Waals surface area contributed by atoms with Crippen molar-refractivity contribution in [3.63, 3.8) is 0 Å². The van der Waals surface area contributed by atoms with Gasteiger partial charge in [0.15, 0.2) is 21.9 Å². The zero-order valence-corrected chi connectivity index (χ0v) is 12.5. The summed E-state index contributed by atoms with van der Waals surface area (Å²) >= 11 is 3.17. The Morgan fingerprint density at radius 1 is 1.38 bits per heavy atom. The number of nitrogens with zero attached hydrogens (tertiary/aromatic N) is 2. The molecule has 1 aromatic carbocycles. The van der Waals surface area contributed by atoms with Gasteiger partial charge in [0.1, 0.15) is 5.52 Å². The van der Waals surface area contributed by atoms with Gasteiger partial charge in [0.05, 0.1) is 6.07 Å². The van der Waals surface area contributed by atoms with Crippen molar-refractivity contribution in [2.24, 2.45) is 0 Å². The van der Waals surface area contributed by atoms with Crippen LogP contribution in [-0.4, -0.2) is 10.8 Å². The van der Waals surface area contributed by atoms with Crippen molar-refractivity contribution in [2.75, 3.05) is 0 Å². The molecule has 1 atom stereocenters. The van der Waals surface area contributed by atoms with E-state index in [1.165, 1.54) is 0 Å². The molecule has 21 heavy (non-hydrogen) atoms. The molecule has 0 fully saturated rings. The molecule has 0 N–H and O–H groups in total. The van der Waals surface area contributed by atoms with Crippen LogP contribution in [-0.2, 0) is 0 Å². The summed E-state index contributed by atoms with van der Waals surface area (Å²) in [5, 5.41) is 9.31. The van der Waals surface area contributed by atoms with Gasteiger partial charge < -0.3 is 8.83 Å². The average Bonchev–Trinajstić information content (AvgIpc) is 3.02. The molecule has 0 saturated heterocycles. The third kappa shape index (κ3) is 2.36. The van der Waals surface area contributed by atoms with Crippen LogP contribution in [0.25, 0.3) is 11.1 Å². The lowest BCUT2D eigenvalue weighted by molar-refractivity contribution is 0.0941. The van der Waals surface area contributed by atoms with Crippen LogP contribution < -0.4 is 0 Å². The van der Waals surface area contributed by atoms with Crippen LogP contribution in [0.2, 0.25) is 0 Å². The topological polar surface area (TPSA) is 80.0 Å². The summed E-state index contributed by atoms with van der Waals surface area (Å²) in [6.07, 6.45) is 0. The fourth-order valence-corrected chi connectivity index (χ4v) is 2.56. The Morgan fingerprint density at radius 3 is 2.76 bits per heavy atom. The van der Waals surface area contributed by atoms with Crippen LogP contribution in [0.5, 0.6) is 0 Å². The number of furan rings is 1. The Kier molecular flexibility index (Phi) is 3.35. The second kappa shape index (κ2) is 5.19. The Morgan fingerprint density at radius 2 is 2.14 bits per heavy atom. The molecular formula is C15H9BrN2O3. The number of halogens is 1. The molecule has 2 aromatic heterocycles. The van der Waals surface area contributed by atoms with Crippen LogP contribution in [0.1, 0.15) is 27.9 Å². The highest BCUT2D eigenvalue weighted by Gasteiger charge is 2.30. The van der Waals surface area contributed by atoms with Crippen LogP contribution in [0.15, 0.2) is 43.8 Å². The van der Waals surface area contributed by atoms with E-state index in [4.69, 9.17) is 8.83 Å². The lowest BCUT2D eigenvalue weighted by atomic mass is 10.0. The first-order valence-corrected chi connectivity index (χ1v) is 6.94. The van der Waals surface area contributed by atoms with E-state index in [0.29, 0.717) is 21.3 Å². The van der Waals surface area contributed by atoms with E-state index < -0.39 is 11.7 Å². The van der Waals surface area contributed by atoms with Gasteiger partial charge in [-0.3, -0.25) is 4.79 Å². The molecule has 0 aliphatic rings. The first-order chi connectivity index (χ1) is 10.1. The number of hydrogen-bond acceptors (Lipinski definition) is 5. The molecule has 6 heteroatoms. The highest BCUT2D eigenvalue weighted by Crippen LogP contribution is 2.28. The summed E-state index contributed by atoms with van der Waals surface area (Å²) in [4.78, 5) is 16.7. The SMILES string of the molecule is Cc1cc(Br)oc1C(=O)[C@@H](C#N)c1nc2ccccc2o1. The summed E-state index contributed by atoms with van der Waals surface area (Å²) in [6.45, 7) is 1.74. The molecular weight excluding hydrogens is 336 g/mol. The minimum atomic E-state index is -1.13. The maximum atomic E-state index is 12.5. The summed E-state index contributed by atoms with van der Waals surface area (Å²) < 4.78 is 11.2. The number of fused-ring (bicyclic) bond motifs is 1. The number of hydrogen-bond donors (Lipinski definition) is 0. The minimum absolute atomic E-state index is 0.0793. The summed E-state index contributed by atoms with van der Waals surface area (Å²) in [5.41, 5.74) is 1.80. The van der Waals surface area contributed by atoms with Crippen molar-refractivity contribution in [3.8, 4) is 6.07 Å². The summed E-state index contributed by atoms with van der Waals surface area (Å²) in [6, 6.07) is 10.7. The van der Waals surface area contributed by atoms with Gasteiger partial charge in [-0.15, -0.1) is 0 Å². The predicted octanol–water partition coefficient (Wildman–Crippen LogP) is 3.98. The van der Waals surface area contributed by atoms with E-state index in [0.717, 1.165) is 0 Å². The van der Waals surface area contributed by atoms with Gasteiger partial charge in [-0.1, -0.05) is 12.1 Å². The van der Waals surface area contributed by atoms with Crippen molar-refractivity contribution in [1.29, 1.82) is 5.26 Å². The van der Waals surface area contributed by atoms with Crippen LogP contribution >= 0.6 is 15.9 Å². The van der Waals surface area contributed by atoms with Gasteiger partial charge in [-0.25, -0.2) is 4.98 Å². The number of carbonyl (C=O) groups excluding carboxylic acids is 1. The second-order valence-electron chi connectivity index (χ2n) is 4.51. The van der Waals surface area contributed by atoms with E-state index in [-0.39, 0.29) is 11.7 Å². The molecule has 0 amide bonds. The zero-order valence-electron chi connectivity index (χ0n) is 11.0. The molecule has 0 unspecified atom stereocenters. The van der Waals surface area contributed by atoms with Crippen LogP contribution in [0, 0.1) is 18.3 Å². The van der Waals surface area contributed by atoms with Gasteiger partial charge in [0, 0.05) is 0 Å². The van der Waals surface area contributed by atoms with Crippen molar-refractivity contribution >= 4 is 32.8 Å². The van der Waals surface area contributed by atoms with Gasteiger partial charge in [0.25, 0.3) is 0 Å². The number of ketones is 1. The van der Waals surface area contributed by atoms with Crippen LogP contribution in [0.3, 0.4) is 0 Å². The minimum Gasteiger partial charge on any atom is -0.446 e. The quantitative estimate of drug-likeness (QED) is 0.671. The molecule has 0 spiro atoms. The number of carbonyl (C=O) groups is 1. The normalized spacial score (nSPS) is 12.2. The number of benzene rings is 1. The molecule has 0 aliphatic carbocycles. The van der Waals surface area contributed by atoms with Gasteiger partial charge >= 0.3 is 0 Å². The van der Waals surface area contributed by atoms with E-state index in [9.17, 15) is 10.1 Å². The third-order valence-corrected chi connectivity index (χ3v) is 3.45. The lowest BCUT2D eigenvalue weighted by Gasteiger charge is -2.02. The van der Waals surface area contributed by atoms with E-state index in [1.54, 1.807) is 31.2 Å². The molecule has 3 rings (SSSR count). The van der Waals surface area contributed by atoms with Gasteiger partial charge in [-0.2, -0.15) is 5.26 Å². The third-order valence-electron chi connectivity index (χ3n) is 3.06. The second-order valence-corrected chi connectivity index (χ2v) is 5.29. The number of aromatic nitrogens is 1. The number of aryl methyl sites for hydroxylation is 1. The van der Waals surface area contributed by atoms with E-state index >= 15 is 0 Å². The maximum absolute atomic E-state index is 12.5. The molecule has 3 aromatic rings. The standard InChI is InChI=1S/C15H9BrN2O3/c1-8-6-12(16)21-14(8)13(19)9(7-17)15-18-10-4-2-3-5-11(10)20-15/h2-6,9H,1H3/t9-/m1/s1.